The van der Waals surface area contributed by atoms with E-state index < -0.39 is 10.0 Å². The molecule has 0 aliphatic heterocycles. The summed E-state index contributed by atoms with van der Waals surface area (Å²) < 4.78 is 26.9. The van der Waals surface area contributed by atoms with Gasteiger partial charge in [-0.2, -0.15) is 0 Å². The van der Waals surface area contributed by atoms with Crippen LogP contribution in [0.5, 0.6) is 0 Å². The second kappa shape index (κ2) is 7.62. The molecule has 0 aromatic heterocycles. The van der Waals surface area contributed by atoms with Crippen molar-refractivity contribution in [1.29, 1.82) is 0 Å². The smallest absolute Gasteiger partial charge is 0.207 e. The van der Waals surface area contributed by atoms with Gasteiger partial charge in [-0.1, -0.05) is 25.8 Å². The number of sulfonamides is 1. The van der Waals surface area contributed by atoms with Gasteiger partial charge in [0.2, 0.25) is 10.0 Å². The Morgan fingerprint density at radius 1 is 1.32 bits per heavy atom. The number of benzene rings is 1. The van der Waals surface area contributed by atoms with Gasteiger partial charge >= 0.3 is 0 Å². The fourth-order valence-corrected chi connectivity index (χ4v) is 4.05. The lowest BCUT2D eigenvalue weighted by Crippen LogP contribution is -2.28. The molecule has 1 rings (SSSR count). The lowest BCUT2D eigenvalue weighted by Gasteiger charge is -2.18. The zero-order valence-electron chi connectivity index (χ0n) is 11.2. The van der Waals surface area contributed by atoms with E-state index >= 15 is 0 Å². The van der Waals surface area contributed by atoms with E-state index in [0.717, 1.165) is 24.8 Å². The van der Waals surface area contributed by atoms with Crippen molar-refractivity contribution in [3.63, 3.8) is 0 Å². The third-order valence-corrected chi connectivity index (χ3v) is 6.07. The number of halogens is 2. The molecule has 0 aliphatic carbocycles. The summed E-state index contributed by atoms with van der Waals surface area (Å²) in [4.78, 5) is 0.282. The third kappa shape index (κ3) is 4.45. The van der Waals surface area contributed by atoms with Crippen LogP contribution in [0.4, 0.5) is 0 Å². The van der Waals surface area contributed by atoms with Gasteiger partial charge in [-0.05, 0) is 40.0 Å². The predicted molar refractivity (Wildman–Crippen MR) is 83.0 cm³/mol. The molecule has 0 saturated carbocycles. The number of unbranched alkanes of at least 4 members (excludes halogenated alkanes) is 2. The fraction of sp³-hybridized carbons (Fsp3) is 0.538. The average Bonchev–Trinajstić information content (AvgIpc) is 2.39. The van der Waals surface area contributed by atoms with Gasteiger partial charge in [0.25, 0.3) is 0 Å². The Morgan fingerprint density at radius 2 is 2.00 bits per heavy atom. The zero-order valence-corrected chi connectivity index (χ0v) is 14.4. The number of rotatable bonds is 7. The van der Waals surface area contributed by atoms with Crippen LogP contribution in [0.2, 0.25) is 0 Å². The Morgan fingerprint density at radius 3 is 2.58 bits per heavy atom. The van der Waals surface area contributed by atoms with Crippen LogP contribution in [0.15, 0.2) is 27.6 Å². The highest BCUT2D eigenvalue weighted by Gasteiger charge is 2.23. The quantitative estimate of drug-likeness (QED) is 0.539. The van der Waals surface area contributed by atoms with Gasteiger partial charge in [0.15, 0.2) is 0 Å². The fourth-order valence-electron chi connectivity index (χ4n) is 1.70. The number of hydrogen-bond acceptors (Lipinski definition) is 2. The molecule has 0 aliphatic rings. The molecule has 108 valence electrons. The van der Waals surface area contributed by atoms with Crippen molar-refractivity contribution in [3.8, 4) is 0 Å². The maximum atomic E-state index is 12.5. The summed E-state index contributed by atoms with van der Waals surface area (Å²) >= 11 is 9.06. The molecule has 0 saturated heterocycles. The lowest BCUT2D eigenvalue weighted by atomic mass is 10.2. The van der Waals surface area contributed by atoms with E-state index in [1.54, 1.807) is 19.2 Å². The first-order valence-electron chi connectivity index (χ1n) is 6.24. The van der Waals surface area contributed by atoms with Crippen LogP contribution in [0, 0.1) is 0 Å². The Hall–Kier alpha value is -0.100. The van der Waals surface area contributed by atoms with Crippen molar-refractivity contribution in [1.82, 2.24) is 4.31 Å². The highest BCUT2D eigenvalue weighted by Crippen LogP contribution is 2.26. The van der Waals surface area contributed by atoms with Crippen molar-refractivity contribution in [2.24, 2.45) is 0 Å². The molecule has 6 heteroatoms. The monoisotopic (exact) mass is 367 g/mol. The summed E-state index contributed by atoms with van der Waals surface area (Å²) in [5.41, 5.74) is 0.797. The molecule has 0 N–H and O–H groups in total. The van der Waals surface area contributed by atoms with Gasteiger partial charge in [-0.15, -0.1) is 11.6 Å². The van der Waals surface area contributed by atoms with E-state index in [1.807, 2.05) is 6.07 Å². The zero-order chi connectivity index (χ0) is 14.5. The van der Waals surface area contributed by atoms with Gasteiger partial charge < -0.3 is 0 Å². The second-order valence-electron chi connectivity index (χ2n) is 4.43. The van der Waals surface area contributed by atoms with E-state index in [2.05, 4.69) is 22.9 Å². The largest absolute Gasteiger partial charge is 0.243 e. The molecule has 0 heterocycles. The van der Waals surface area contributed by atoms with Crippen LogP contribution in [-0.4, -0.2) is 26.3 Å². The molecule has 0 fully saturated rings. The number of hydrogen-bond donors (Lipinski definition) is 0. The molecule has 0 bridgehead atoms. The SMILES string of the molecule is CCCCCN(C)S(=O)(=O)c1cc(CCl)ccc1Br. The minimum Gasteiger partial charge on any atom is -0.207 e. The van der Waals surface area contributed by atoms with Gasteiger partial charge in [0, 0.05) is 23.9 Å². The summed E-state index contributed by atoms with van der Waals surface area (Å²) in [7, 11) is -1.84. The van der Waals surface area contributed by atoms with Crippen LogP contribution in [0.25, 0.3) is 0 Å². The minimum absolute atomic E-state index is 0.282. The van der Waals surface area contributed by atoms with E-state index in [9.17, 15) is 8.42 Å². The van der Waals surface area contributed by atoms with Crippen molar-refractivity contribution in [2.75, 3.05) is 13.6 Å². The van der Waals surface area contributed by atoms with E-state index in [1.165, 1.54) is 4.31 Å². The molecule has 0 spiro atoms. The Labute approximate surface area is 129 Å². The highest BCUT2D eigenvalue weighted by molar-refractivity contribution is 9.10. The lowest BCUT2D eigenvalue weighted by molar-refractivity contribution is 0.454. The van der Waals surface area contributed by atoms with Crippen molar-refractivity contribution in [3.05, 3.63) is 28.2 Å². The molecule has 0 radical (unpaired) electrons. The summed E-state index contributed by atoms with van der Waals surface area (Å²) in [5.74, 6) is 0.301. The molecule has 1 aromatic rings. The average molecular weight is 369 g/mol. The molecule has 3 nitrogen and oxygen atoms in total. The Balaban J connectivity index is 2.99. The predicted octanol–water partition coefficient (Wildman–Crippen LogP) is 4.00. The molecular weight excluding hydrogens is 350 g/mol. The topological polar surface area (TPSA) is 37.4 Å². The molecule has 19 heavy (non-hydrogen) atoms. The van der Waals surface area contributed by atoms with Crippen LogP contribution in [-0.2, 0) is 15.9 Å². The van der Waals surface area contributed by atoms with Crippen molar-refractivity contribution < 1.29 is 8.42 Å². The van der Waals surface area contributed by atoms with E-state index in [-0.39, 0.29) is 4.90 Å². The van der Waals surface area contributed by atoms with Crippen molar-refractivity contribution >= 4 is 37.6 Å². The minimum atomic E-state index is -3.45. The summed E-state index contributed by atoms with van der Waals surface area (Å²) in [6, 6.07) is 5.17. The van der Waals surface area contributed by atoms with Gasteiger partial charge in [0.1, 0.15) is 0 Å². The molecular formula is C13H19BrClNO2S. The molecule has 0 atom stereocenters. The summed E-state index contributed by atoms with van der Waals surface area (Å²) in [6.07, 6.45) is 2.97. The maximum Gasteiger partial charge on any atom is 0.243 e. The maximum absolute atomic E-state index is 12.5. The van der Waals surface area contributed by atoms with Gasteiger partial charge in [-0.3, -0.25) is 0 Å². The van der Waals surface area contributed by atoms with Crippen molar-refractivity contribution in [2.45, 2.75) is 37.0 Å². The Kier molecular flexibility index (Phi) is 6.80. The number of alkyl halides is 1. The van der Waals surface area contributed by atoms with E-state index in [0.29, 0.717) is 16.9 Å². The molecule has 0 unspecified atom stereocenters. The summed E-state index contributed by atoms with van der Waals surface area (Å²) in [6.45, 7) is 2.63. The summed E-state index contributed by atoms with van der Waals surface area (Å²) in [5, 5.41) is 0. The molecule has 0 amide bonds. The number of nitrogens with zero attached hydrogens (tertiary/aromatic N) is 1. The molecule has 1 aromatic carbocycles. The second-order valence-corrected chi connectivity index (χ2v) is 7.57. The van der Waals surface area contributed by atoms with Crippen LogP contribution < -0.4 is 0 Å². The Bertz CT molecular complexity index is 519. The first-order valence-corrected chi connectivity index (χ1v) is 9.01. The first kappa shape index (κ1) is 17.0. The van der Waals surface area contributed by atoms with Gasteiger partial charge in [0.05, 0.1) is 4.90 Å². The van der Waals surface area contributed by atoms with E-state index in [4.69, 9.17) is 11.6 Å². The van der Waals surface area contributed by atoms with Crippen LogP contribution in [0.3, 0.4) is 0 Å². The van der Waals surface area contributed by atoms with Gasteiger partial charge in [-0.25, -0.2) is 12.7 Å². The first-order chi connectivity index (χ1) is 8.93. The highest BCUT2D eigenvalue weighted by atomic mass is 79.9. The normalized spacial score (nSPS) is 12.1. The standard InChI is InChI=1S/C13H19BrClNO2S/c1-3-4-5-8-16(2)19(17,18)13-9-11(10-15)6-7-12(13)14/h6-7,9H,3-5,8,10H2,1-2H3. The van der Waals surface area contributed by atoms with Crippen LogP contribution >= 0.6 is 27.5 Å². The van der Waals surface area contributed by atoms with Crippen LogP contribution in [0.1, 0.15) is 31.7 Å². The third-order valence-electron chi connectivity index (χ3n) is 2.91.